The molecule has 5 nitrogen and oxygen atoms in total. The molecule has 1 aliphatic heterocycles. The number of hydrogen-bond acceptors (Lipinski definition) is 3. The summed E-state index contributed by atoms with van der Waals surface area (Å²) in [4.78, 5) is 25.0. The van der Waals surface area contributed by atoms with Crippen molar-refractivity contribution in [1.82, 2.24) is 16.0 Å². The summed E-state index contributed by atoms with van der Waals surface area (Å²) in [7, 11) is 0. The minimum Gasteiger partial charge on any atom is -0.355 e. The van der Waals surface area contributed by atoms with Crippen molar-refractivity contribution in [1.29, 1.82) is 0 Å². The second-order valence-electron chi connectivity index (χ2n) is 7.21. The van der Waals surface area contributed by atoms with E-state index in [-0.39, 0.29) is 35.9 Å². The van der Waals surface area contributed by atoms with Crippen molar-refractivity contribution < 1.29 is 18.4 Å². The van der Waals surface area contributed by atoms with Crippen molar-refractivity contribution in [3.8, 4) is 0 Å². The Hall–Kier alpha value is -2.51. The molecular formula is C22H26ClF2N3O2. The van der Waals surface area contributed by atoms with E-state index in [9.17, 15) is 18.4 Å². The Morgan fingerprint density at radius 2 is 1.13 bits per heavy atom. The lowest BCUT2D eigenvalue weighted by atomic mass is 9.94. The van der Waals surface area contributed by atoms with Crippen molar-refractivity contribution in [3.05, 3.63) is 71.3 Å². The van der Waals surface area contributed by atoms with E-state index in [1.807, 2.05) is 0 Å². The highest BCUT2D eigenvalue weighted by Crippen LogP contribution is 2.17. The zero-order valence-electron chi connectivity index (χ0n) is 16.5. The normalized spacial score (nSPS) is 17.8. The summed E-state index contributed by atoms with van der Waals surface area (Å²) in [5.74, 6) is -1.74. The summed E-state index contributed by atoms with van der Waals surface area (Å²) in [6.45, 7) is 1.77. The number of carbonyl (C=O) groups is 2. The summed E-state index contributed by atoms with van der Waals surface area (Å²) >= 11 is 0. The van der Waals surface area contributed by atoms with E-state index in [0.29, 0.717) is 39.0 Å². The Bertz CT molecular complexity index is 762. The molecule has 0 unspecified atom stereocenters. The van der Waals surface area contributed by atoms with Crippen LogP contribution in [0.5, 0.6) is 0 Å². The molecule has 1 aliphatic rings. The van der Waals surface area contributed by atoms with Crippen LogP contribution in [0, 0.1) is 23.5 Å². The zero-order chi connectivity index (χ0) is 20.6. The van der Waals surface area contributed by atoms with Gasteiger partial charge >= 0.3 is 0 Å². The summed E-state index contributed by atoms with van der Waals surface area (Å²) < 4.78 is 25.9. The van der Waals surface area contributed by atoms with Crippen LogP contribution >= 0.6 is 12.4 Å². The largest absolute Gasteiger partial charge is 0.355 e. The highest BCUT2D eigenvalue weighted by atomic mass is 35.5. The van der Waals surface area contributed by atoms with Gasteiger partial charge in [-0.15, -0.1) is 12.4 Å². The molecule has 0 aliphatic carbocycles. The maximum absolute atomic E-state index is 12.9. The van der Waals surface area contributed by atoms with Crippen molar-refractivity contribution in [2.75, 3.05) is 26.2 Å². The van der Waals surface area contributed by atoms with Gasteiger partial charge < -0.3 is 16.0 Å². The molecule has 1 heterocycles. The molecule has 3 N–H and O–H groups in total. The standard InChI is InChI=1S/C22H25F2N3O2.ClH/c23-17-5-1-15(2-6-17)9-11-26-21(28)19-13-25-14-20(19)22(29)27-12-10-16-3-7-18(24)8-4-16;/h1-8,19-20,25H,9-14H2,(H,26,28)(H,27,29);1H/t19-,20-;/m0./s1. The van der Waals surface area contributed by atoms with E-state index in [1.54, 1.807) is 24.3 Å². The fourth-order valence-corrected chi connectivity index (χ4v) is 3.45. The fraction of sp³-hybridized carbons (Fsp3) is 0.364. The van der Waals surface area contributed by atoms with Crippen LogP contribution in [0.4, 0.5) is 8.78 Å². The van der Waals surface area contributed by atoms with Gasteiger partial charge in [0.15, 0.2) is 0 Å². The third-order valence-electron chi connectivity index (χ3n) is 5.14. The van der Waals surface area contributed by atoms with E-state index in [0.717, 1.165) is 11.1 Å². The predicted molar refractivity (Wildman–Crippen MR) is 113 cm³/mol. The number of amides is 2. The summed E-state index contributed by atoms with van der Waals surface area (Å²) in [5.41, 5.74) is 1.87. The monoisotopic (exact) mass is 437 g/mol. The van der Waals surface area contributed by atoms with Crippen LogP contribution in [0.25, 0.3) is 0 Å². The number of rotatable bonds is 8. The van der Waals surface area contributed by atoms with E-state index < -0.39 is 11.8 Å². The topological polar surface area (TPSA) is 70.2 Å². The Balaban J connectivity index is 0.00000320. The lowest BCUT2D eigenvalue weighted by Crippen LogP contribution is -2.42. The molecule has 8 heteroatoms. The molecule has 0 bridgehead atoms. The number of halogens is 3. The minimum absolute atomic E-state index is 0. The molecule has 1 saturated heterocycles. The quantitative estimate of drug-likeness (QED) is 0.593. The van der Waals surface area contributed by atoms with Gasteiger partial charge in [0.1, 0.15) is 11.6 Å². The molecule has 0 aromatic heterocycles. The third kappa shape index (κ3) is 6.78. The van der Waals surface area contributed by atoms with Gasteiger partial charge in [0.25, 0.3) is 0 Å². The second-order valence-corrected chi connectivity index (χ2v) is 7.21. The SMILES string of the molecule is Cl.O=C(NCCc1ccc(F)cc1)[C@H]1CNC[C@@H]1C(=O)NCCc1ccc(F)cc1. The molecule has 3 rings (SSSR count). The number of benzene rings is 2. The van der Waals surface area contributed by atoms with Gasteiger partial charge in [-0.2, -0.15) is 0 Å². The number of nitrogens with one attached hydrogen (secondary N) is 3. The molecule has 2 atom stereocenters. The Morgan fingerprint density at radius 3 is 1.50 bits per heavy atom. The van der Waals surface area contributed by atoms with E-state index >= 15 is 0 Å². The average Bonchev–Trinajstić information content (AvgIpc) is 3.21. The first-order chi connectivity index (χ1) is 14.0. The van der Waals surface area contributed by atoms with Crippen LogP contribution in [0.15, 0.2) is 48.5 Å². The molecule has 0 saturated carbocycles. The molecule has 162 valence electrons. The number of hydrogen-bond donors (Lipinski definition) is 3. The minimum atomic E-state index is -0.422. The van der Waals surface area contributed by atoms with Crippen LogP contribution in [0.1, 0.15) is 11.1 Å². The summed E-state index contributed by atoms with van der Waals surface area (Å²) in [5, 5.41) is 8.85. The number of carbonyl (C=O) groups excluding carboxylic acids is 2. The van der Waals surface area contributed by atoms with Gasteiger partial charge in [0, 0.05) is 26.2 Å². The fourth-order valence-electron chi connectivity index (χ4n) is 3.45. The van der Waals surface area contributed by atoms with Crippen LogP contribution in [0.2, 0.25) is 0 Å². The first kappa shape index (κ1) is 23.8. The van der Waals surface area contributed by atoms with Gasteiger partial charge in [0.2, 0.25) is 11.8 Å². The molecule has 2 aromatic rings. The van der Waals surface area contributed by atoms with E-state index in [1.165, 1.54) is 24.3 Å². The zero-order valence-corrected chi connectivity index (χ0v) is 17.3. The first-order valence-corrected chi connectivity index (χ1v) is 9.78. The van der Waals surface area contributed by atoms with Crippen LogP contribution in [-0.4, -0.2) is 38.0 Å². The van der Waals surface area contributed by atoms with E-state index in [4.69, 9.17) is 0 Å². The molecule has 2 amide bonds. The Morgan fingerprint density at radius 1 is 0.767 bits per heavy atom. The van der Waals surface area contributed by atoms with Gasteiger partial charge in [-0.25, -0.2) is 8.78 Å². The first-order valence-electron chi connectivity index (χ1n) is 9.78. The van der Waals surface area contributed by atoms with Crippen molar-refractivity contribution in [2.24, 2.45) is 11.8 Å². The summed E-state index contributed by atoms with van der Waals surface area (Å²) in [6.07, 6.45) is 1.20. The van der Waals surface area contributed by atoms with E-state index in [2.05, 4.69) is 16.0 Å². The Kier molecular flexibility index (Phi) is 9.20. The maximum Gasteiger partial charge on any atom is 0.225 e. The van der Waals surface area contributed by atoms with Gasteiger partial charge in [-0.1, -0.05) is 24.3 Å². The highest BCUT2D eigenvalue weighted by Gasteiger charge is 2.37. The summed E-state index contributed by atoms with van der Waals surface area (Å²) in [6, 6.07) is 12.3. The maximum atomic E-state index is 12.9. The van der Waals surface area contributed by atoms with Gasteiger partial charge in [-0.05, 0) is 48.2 Å². The third-order valence-corrected chi connectivity index (χ3v) is 5.14. The average molecular weight is 438 g/mol. The smallest absolute Gasteiger partial charge is 0.225 e. The molecule has 2 aromatic carbocycles. The molecular weight excluding hydrogens is 412 g/mol. The molecule has 0 radical (unpaired) electrons. The highest BCUT2D eigenvalue weighted by molar-refractivity contribution is 5.88. The predicted octanol–water partition coefficient (Wildman–Crippen LogP) is 2.24. The van der Waals surface area contributed by atoms with Crippen molar-refractivity contribution >= 4 is 24.2 Å². The van der Waals surface area contributed by atoms with Gasteiger partial charge in [0.05, 0.1) is 11.8 Å². The molecule has 30 heavy (non-hydrogen) atoms. The van der Waals surface area contributed by atoms with Crippen LogP contribution in [-0.2, 0) is 22.4 Å². The van der Waals surface area contributed by atoms with Crippen LogP contribution in [0.3, 0.4) is 0 Å². The van der Waals surface area contributed by atoms with Gasteiger partial charge in [-0.3, -0.25) is 9.59 Å². The van der Waals surface area contributed by atoms with Crippen molar-refractivity contribution in [3.63, 3.8) is 0 Å². The molecule has 0 spiro atoms. The lowest BCUT2D eigenvalue weighted by molar-refractivity contribution is -0.132. The Labute approximate surface area is 181 Å². The van der Waals surface area contributed by atoms with Crippen molar-refractivity contribution in [2.45, 2.75) is 12.8 Å². The second kappa shape index (κ2) is 11.6. The van der Waals surface area contributed by atoms with Crippen LogP contribution < -0.4 is 16.0 Å². The molecule has 1 fully saturated rings. The lowest BCUT2D eigenvalue weighted by Gasteiger charge is -2.18.